The number of aryl methyl sites for hydroxylation is 1. The van der Waals surface area contributed by atoms with Crippen LogP contribution in [0.4, 0.5) is 17.1 Å². The molecule has 0 bridgehead atoms. The van der Waals surface area contributed by atoms with Gasteiger partial charge in [0.2, 0.25) is 11.8 Å². The summed E-state index contributed by atoms with van der Waals surface area (Å²) < 4.78 is 5.96. The number of hydrogen-bond donors (Lipinski definition) is 3. The highest BCUT2D eigenvalue weighted by Crippen LogP contribution is 2.24. The van der Waals surface area contributed by atoms with Crippen molar-refractivity contribution >= 4 is 28.9 Å². The number of para-hydroxylation sites is 2. The Balaban J connectivity index is 1.44. The molecule has 6 heteroatoms. The Morgan fingerprint density at radius 2 is 1.49 bits per heavy atom. The minimum absolute atomic E-state index is 0.0102. The average molecular weight is 474 g/mol. The molecule has 0 aromatic heterocycles. The number of carbonyl (C=O) groups excluding carboxylic acids is 2. The lowest BCUT2D eigenvalue weighted by atomic mass is 10.1. The fourth-order valence-electron chi connectivity index (χ4n) is 3.66. The van der Waals surface area contributed by atoms with Crippen LogP contribution in [-0.4, -0.2) is 25.0 Å². The molecule has 0 aliphatic carbocycles. The third kappa shape index (κ3) is 9.53. The van der Waals surface area contributed by atoms with Crippen LogP contribution in [0.15, 0.2) is 78.9 Å². The zero-order chi connectivity index (χ0) is 24.7. The lowest BCUT2D eigenvalue weighted by Crippen LogP contribution is -2.22. The van der Waals surface area contributed by atoms with E-state index in [-0.39, 0.29) is 18.4 Å². The maximum absolute atomic E-state index is 12.5. The number of nitrogens with one attached hydrogen (secondary N) is 3. The van der Waals surface area contributed by atoms with E-state index < -0.39 is 0 Å². The Morgan fingerprint density at radius 1 is 0.771 bits per heavy atom. The number of anilines is 3. The van der Waals surface area contributed by atoms with Crippen LogP contribution in [0, 0.1) is 0 Å². The molecule has 3 N–H and O–H groups in total. The minimum Gasteiger partial charge on any atom is -0.491 e. The van der Waals surface area contributed by atoms with E-state index in [0.717, 1.165) is 43.5 Å². The van der Waals surface area contributed by atoms with Crippen molar-refractivity contribution in [3.05, 3.63) is 84.4 Å². The SMILES string of the molecule is CCCCCC(=O)Nc1cccc(NC(=O)CNc2ccccc2OCCCc2ccccc2)c1. The van der Waals surface area contributed by atoms with Gasteiger partial charge in [-0.05, 0) is 55.2 Å². The molecule has 0 radical (unpaired) electrons. The number of carbonyl (C=O) groups is 2. The summed E-state index contributed by atoms with van der Waals surface area (Å²) in [6.45, 7) is 2.80. The Bertz CT molecular complexity index is 1070. The summed E-state index contributed by atoms with van der Waals surface area (Å²) in [4.78, 5) is 24.6. The third-order valence-corrected chi connectivity index (χ3v) is 5.47. The van der Waals surface area contributed by atoms with Gasteiger partial charge >= 0.3 is 0 Å². The molecule has 3 rings (SSSR count). The Morgan fingerprint density at radius 3 is 2.26 bits per heavy atom. The van der Waals surface area contributed by atoms with Crippen LogP contribution in [0.2, 0.25) is 0 Å². The Hall–Kier alpha value is -3.80. The predicted molar refractivity (Wildman–Crippen MR) is 143 cm³/mol. The van der Waals surface area contributed by atoms with Gasteiger partial charge in [0.05, 0.1) is 18.8 Å². The van der Waals surface area contributed by atoms with Gasteiger partial charge in [-0.15, -0.1) is 0 Å². The molecule has 0 saturated heterocycles. The highest BCUT2D eigenvalue weighted by molar-refractivity contribution is 5.95. The van der Waals surface area contributed by atoms with Crippen molar-refractivity contribution in [2.24, 2.45) is 0 Å². The van der Waals surface area contributed by atoms with Crippen molar-refractivity contribution in [2.75, 3.05) is 29.1 Å². The molecule has 0 unspecified atom stereocenters. The first-order valence-corrected chi connectivity index (χ1v) is 12.3. The second-order valence-electron chi connectivity index (χ2n) is 8.42. The summed E-state index contributed by atoms with van der Waals surface area (Å²) in [7, 11) is 0. The van der Waals surface area contributed by atoms with Crippen LogP contribution in [0.25, 0.3) is 0 Å². The maximum Gasteiger partial charge on any atom is 0.243 e. The molecule has 0 aliphatic heterocycles. The average Bonchev–Trinajstić information content (AvgIpc) is 2.87. The van der Waals surface area contributed by atoms with E-state index in [1.165, 1.54) is 5.56 Å². The number of amides is 2. The number of rotatable bonds is 14. The summed E-state index contributed by atoms with van der Waals surface area (Å²) in [5, 5.41) is 8.93. The van der Waals surface area contributed by atoms with E-state index in [1.54, 1.807) is 12.1 Å². The molecule has 0 fully saturated rings. The number of ether oxygens (including phenoxy) is 1. The number of unbranched alkanes of at least 4 members (excludes halogenated alkanes) is 2. The quantitative estimate of drug-likeness (QED) is 0.241. The first kappa shape index (κ1) is 25.8. The van der Waals surface area contributed by atoms with Crippen molar-refractivity contribution < 1.29 is 14.3 Å². The molecule has 6 nitrogen and oxygen atoms in total. The third-order valence-electron chi connectivity index (χ3n) is 5.47. The molecule has 0 spiro atoms. The molecular formula is C29H35N3O3. The summed E-state index contributed by atoms with van der Waals surface area (Å²) in [5.74, 6) is 0.528. The van der Waals surface area contributed by atoms with E-state index in [1.807, 2.05) is 54.6 Å². The van der Waals surface area contributed by atoms with Crippen molar-refractivity contribution in [1.82, 2.24) is 0 Å². The van der Waals surface area contributed by atoms with Gasteiger partial charge in [0.15, 0.2) is 0 Å². The summed E-state index contributed by atoms with van der Waals surface area (Å²) in [6, 6.07) is 25.1. The summed E-state index contributed by atoms with van der Waals surface area (Å²) in [6.07, 6.45) is 5.36. The van der Waals surface area contributed by atoms with Crippen molar-refractivity contribution in [2.45, 2.75) is 45.4 Å². The fourth-order valence-corrected chi connectivity index (χ4v) is 3.66. The van der Waals surface area contributed by atoms with Gasteiger partial charge in [-0.1, -0.05) is 68.3 Å². The largest absolute Gasteiger partial charge is 0.491 e. The molecule has 2 amide bonds. The van der Waals surface area contributed by atoms with E-state index in [0.29, 0.717) is 24.4 Å². The topological polar surface area (TPSA) is 79.5 Å². The van der Waals surface area contributed by atoms with Gasteiger partial charge in [-0.2, -0.15) is 0 Å². The van der Waals surface area contributed by atoms with Gasteiger partial charge in [-0.3, -0.25) is 9.59 Å². The second-order valence-corrected chi connectivity index (χ2v) is 8.42. The van der Waals surface area contributed by atoms with Crippen LogP contribution >= 0.6 is 0 Å². The van der Waals surface area contributed by atoms with Gasteiger partial charge in [0.1, 0.15) is 5.75 Å². The molecule has 0 saturated carbocycles. The van der Waals surface area contributed by atoms with E-state index in [4.69, 9.17) is 4.74 Å². The highest BCUT2D eigenvalue weighted by Gasteiger charge is 2.08. The van der Waals surface area contributed by atoms with Gasteiger partial charge < -0.3 is 20.7 Å². The molecule has 0 atom stereocenters. The molecule has 0 aliphatic rings. The molecule has 35 heavy (non-hydrogen) atoms. The smallest absolute Gasteiger partial charge is 0.243 e. The van der Waals surface area contributed by atoms with E-state index in [2.05, 4.69) is 35.0 Å². The van der Waals surface area contributed by atoms with Crippen LogP contribution in [-0.2, 0) is 16.0 Å². The summed E-state index contributed by atoms with van der Waals surface area (Å²) in [5.41, 5.74) is 3.37. The normalized spacial score (nSPS) is 10.4. The van der Waals surface area contributed by atoms with E-state index in [9.17, 15) is 9.59 Å². The monoisotopic (exact) mass is 473 g/mol. The molecule has 0 heterocycles. The summed E-state index contributed by atoms with van der Waals surface area (Å²) >= 11 is 0. The highest BCUT2D eigenvalue weighted by atomic mass is 16.5. The van der Waals surface area contributed by atoms with Crippen LogP contribution < -0.4 is 20.7 Å². The Labute approximate surface area is 208 Å². The minimum atomic E-state index is -0.185. The van der Waals surface area contributed by atoms with Crippen LogP contribution in [0.3, 0.4) is 0 Å². The van der Waals surface area contributed by atoms with Crippen LogP contribution in [0.5, 0.6) is 5.75 Å². The van der Waals surface area contributed by atoms with Crippen LogP contribution in [0.1, 0.15) is 44.6 Å². The number of benzene rings is 3. The zero-order valence-corrected chi connectivity index (χ0v) is 20.4. The van der Waals surface area contributed by atoms with Gasteiger partial charge in [-0.25, -0.2) is 0 Å². The second kappa shape index (κ2) is 14.5. The van der Waals surface area contributed by atoms with Gasteiger partial charge in [0, 0.05) is 17.8 Å². The molecule has 184 valence electrons. The Kier molecular flexibility index (Phi) is 10.7. The zero-order valence-electron chi connectivity index (χ0n) is 20.4. The molecule has 3 aromatic rings. The molecule has 3 aromatic carbocycles. The fraction of sp³-hybridized carbons (Fsp3) is 0.310. The van der Waals surface area contributed by atoms with Gasteiger partial charge in [0.25, 0.3) is 0 Å². The van der Waals surface area contributed by atoms with Crippen molar-refractivity contribution in [1.29, 1.82) is 0 Å². The lowest BCUT2D eigenvalue weighted by molar-refractivity contribution is -0.116. The standard InChI is InChI=1S/C29H35N3O3/c1-2-3-5-19-28(33)31-24-15-10-16-25(21-24)32-29(34)22-30-26-17-8-9-18-27(26)35-20-11-14-23-12-6-4-7-13-23/h4,6-10,12-13,15-18,21,30H,2-3,5,11,14,19-20,22H2,1H3,(H,31,33)(H,32,34). The molecular weight excluding hydrogens is 438 g/mol. The first-order valence-electron chi connectivity index (χ1n) is 12.3. The van der Waals surface area contributed by atoms with Crippen molar-refractivity contribution in [3.8, 4) is 5.75 Å². The predicted octanol–water partition coefficient (Wildman–Crippen LogP) is 6.27. The lowest BCUT2D eigenvalue weighted by Gasteiger charge is -2.14. The van der Waals surface area contributed by atoms with Crippen molar-refractivity contribution in [3.63, 3.8) is 0 Å². The first-order chi connectivity index (χ1) is 17.1. The maximum atomic E-state index is 12.5. The number of hydrogen-bond acceptors (Lipinski definition) is 4. The van der Waals surface area contributed by atoms with E-state index >= 15 is 0 Å².